The number of aryl methyl sites for hydroxylation is 1. The van der Waals surface area contributed by atoms with Crippen LogP contribution in [0.1, 0.15) is 34.3 Å². The molecule has 1 fully saturated rings. The van der Waals surface area contributed by atoms with Gasteiger partial charge in [-0.05, 0) is 42.0 Å². The number of hydrazone groups is 1. The fourth-order valence-electron chi connectivity index (χ4n) is 4.87. The van der Waals surface area contributed by atoms with E-state index in [0.717, 1.165) is 35.8 Å². The molecule has 0 spiro atoms. The maximum Gasteiger partial charge on any atom is 0.290 e. The lowest BCUT2D eigenvalue weighted by Gasteiger charge is -2.30. The summed E-state index contributed by atoms with van der Waals surface area (Å²) >= 11 is 0. The highest BCUT2D eigenvalue weighted by molar-refractivity contribution is 6.02. The standard InChI is InChI=1S/C28H33N5O5/c1-30-11-3-5-24(30)23-19-25(21-7-9-22(36-2)10-8-21)33(29-23)27(34)20-32(28(35)26-6-4-16-38-26)13-12-31-14-17-37-18-15-31/h3-11,16,25H,12-15,17-20H2,1-2H3/t25-/m0/s1. The third-order valence-corrected chi connectivity index (χ3v) is 7.04. The second-order valence-electron chi connectivity index (χ2n) is 9.44. The number of rotatable bonds is 9. The van der Waals surface area contributed by atoms with Gasteiger partial charge in [-0.2, -0.15) is 5.10 Å². The molecule has 4 heterocycles. The van der Waals surface area contributed by atoms with Crippen LogP contribution in [0.3, 0.4) is 0 Å². The molecule has 1 aromatic carbocycles. The average Bonchev–Trinajstić information content (AvgIpc) is 3.72. The highest BCUT2D eigenvalue weighted by Crippen LogP contribution is 2.34. The van der Waals surface area contributed by atoms with Crippen molar-refractivity contribution in [1.82, 2.24) is 19.4 Å². The van der Waals surface area contributed by atoms with Gasteiger partial charge in [0.05, 0.1) is 44.0 Å². The predicted octanol–water partition coefficient (Wildman–Crippen LogP) is 2.78. The molecule has 38 heavy (non-hydrogen) atoms. The van der Waals surface area contributed by atoms with Crippen LogP contribution in [0.4, 0.5) is 0 Å². The Kier molecular flexibility index (Phi) is 7.90. The summed E-state index contributed by atoms with van der Waals surface area (Å²) in [6, 6.07) is 14.6. The van der Waals surface area contributed by atoms with Crippen molar-refractivity contribution in [3.8, 4) is 5.75 Å². The second kappa shape index (κ2) is 11.7. The van der Waals surface area contributed by atoms with Gasteiger partial charge in [-0.1, -0.05) is 12.1 Å². The third-order valence-electron chi connectivity index (χ3n) is 7.04. The van der Waals surface area contributed by atoms with E-state index in [9.17, 15) is 9.59 Å². The molecular formula is C28H33N5O5. The van der Waals surface area contributed by atoms with Crippen LogP contribution < -0.4 is 4.74 Å². The molecule has 10 nitrogen and oxygen atoms in total. The first kappa shape index (κ1) is 25.7. The predicted molar refractivity (Wildman–Crippen MR) is 141 cm³/mol. The van der Waals surface area contributed by atoms with Crippen LogP contribution in [0.2, 0.25) is 0 Å². The van der Waals surface area contributed by atoms with Gasteiger partial charge in [0.1, 0.15) is 12.3 Å². The number of nitrogens with zero attached hydrogens (tertiary/aromatic N) is 5. The zero-order valence-electron chi connectivity index (χ0n) is 21.8. The molecule has 1 atom stereocenters. The minimum Gasteiger partial charge on any atom is -0.497 e. The molecule has 10 heteroatoms. The molecule has 2 aliphatic heterocycles. The van der Waals surface area contributed by atoms with E-state index >= 15 is 0 Å². The van der Waals surface area contributed by atoms with Gasteiger partial charge >= 0.3 is 0 Å². The van der Waals surface area contributed by atoms with E-state index in [1.807, 2.05) is 54.2 Å². The van der Waals surface area contributed by atoms with Crippen LogP contribution >= 0.6 is 0 Å². The number of hydrogen-bond donors (Lipinski definition) is 0. The average molecular weight is 520 g/mol. The van der Waals surface area contributed by atoms with Gasteiger partial charge in [0, 0.05) is 45.8 Å². The van der Waals surface area contributed by atoms with E-state index in [-0.39, 0.29) is 30.2 Å². The van der Waals surface area contributed by atoms with Gasteiger partial charge in [-0.3, -0.25) is 14.5 Å². The van der Waals surface area contributed by atoms with Crippen molar-refractivity contribution >= 4 is 17.5 Å². The van der Waals surface area contributed by atoms with Gasteiger partial charge in [0.2, 0.25) is 0 Å². The first-order valence-corrected chi connectivity index (χ1v) is 12.8. The summed E-state index contributed by atoms with van der Waals surface area (Å²) in [6.45, 7) is 3.85. The van der Waals surface area contributed by atoms with Crippen LogP contribution in [-0.2, 0) is 16.6 Å². The van der Waals surface area contributed by atoms with Gasteiger partial charge in [-0.15, -0.1) is 0 Å². The number of carbonyl (C=O) groups excluding carboxylic acids is 2. The Labute approximate surface area is 222 Å². The summed E-state index contributed by atoms with van der Waals surface area (Å²) in [5.74, 6) is 0.382. The Balaban J connectivity index is 1.39. The molecule has 1 saturated heterocycles. The number of aromatic nitrogens is 1. The Bertz CT molecular complexity index is 1260. The number of benzene rings is 1. The fourth-order valence-corrected chi connectivity index (χ4v) is 4.87. The van der Waals surface area contributed by atoms with E-state index < -0.39 is 0 Å². The highest BCUT2D eigenvalue weighted by atomic mass is 16.5. The first-order chi connectivity index (χ1) is 18.5. The van der Waals surface area contributed by atoms with E-state index in [1.165, 1.54) is 11.3 Å². The lowest BCUT2D eigenvalue weighted by molar-refractivity contribution is -0.133. The molecule has 0 aliphatic carbocycles. The molecule has 3 aromatic rings. The van der Waals surface area contributed by atoms with Crippen LogP contribution in [0, 0.1) is 0 Å². The van der Waals surface area contributed by atoms with E-state index in [4.69, 9.17) is 19.0 Å². The zero-order valence-corrected chi connectivity index (χ0v) is 21.8. The van der Waals surface area contributed by atoms with Crippen molar-refractivity contribution in [3.63, 3.8) is 0 Å². The van der Waals surface area contributed by atoms with Crippen molar-refractivity contribution in [1.29, 1.82) is 0 Å². The lowest BCUT2D eigenvalue weighted by Crippen LogP contribution is -2.46. The summed E-state index contributed by atoms with van der Waals surface area (Å²) < 4.78 is 18.1. The molecule has 200 valence electrons. The van der Waals surface area contributed by atoms with Crippen LogP contribution in [-0.4, -0.2) is 89.9 Å². The summed E-state index contributed by atoms with van der Waals surface area (Å²) in [4.78, 5) is 30.9. The van der Waals surface area contributed by atoms with Crippen LogP contribution in [0.15, 0.2) is 70.5 Å². The third kappa shape index (κ3) is 5.66. The summed E-state index contributed by atoms with van der Waals surface area (Å²) in [5.41, 5.74) is 2.72. The van der Waals surface area contributed by atoms with Gasteiger partial charge < -0.3 is 23.4 Å². The Morgan fingerprint density at radius 1 is 1.11 bits per heavy atom. The summed E-state index contributed by atoms with van der Waals surface area (Å²) in [7, 11) is 3.58. The Morgan fingerprint density at radius 2 is 1.89 bits per heavy atom. The Hall–Kier alpha value is -3.89. The number of ether oxygens (including phenoxy) is 2. The molecule has 2 aliphatic rings. The second-order valence-corrected chi connectivity index (χ2v) is 9.44. The number of methoxy groups -OCH3 is 1. The maximum absolute atomic E-state index is 13.8. The molecule has 0 radical (unpaired) electrons. The largest absolute Gasteiger partial charge is 0.497 e. The number of carbonyl (C=O) groups is 2. The monoisotopic (exact) mass is 519 g/mol. The molecule has 2 amide bonds. The zero-order chi connectivity index (χ0) is 26.5. The fraction of sp³-hybridized carbons (Fsp3) is 0.393. The molecule has 0 unspecified atom stereocenters. The summed E-state index contributed by atoms with van der Waals surface area (Å²) in [5, 5.41) is 6.31. The van der Waals surface area contributed by atoms with Gasteiger partial charge in [0.15, 0.2) is 5.76 Å². The van der Waals surface area contributed by atoms with Gasteiger partial charge in [0.25, 0.3) is 11.8 Å². The van der Waals surface area contributed by atoms with Crippen molar-refractivity contribution in [2.24, 2.45) is 12.1 Å². The van der Waals surface area contributed by atoms with Crippen LogP contribution in [0.25, 0.3) is 0 Å². The van der Waals surface area contributed by atoms with Gasteiger partial charge in [-0.25, -0.2) is 5.01 Å². The Morgan fingerprint density at radius 3 is 2.55 bits per heavy atom. The van der Waals surface area contributed by atoms with E-state index in [2.05, 4.69) is 4.90 Å². The molecule has 0 bridgehead atoms. The topological polar surface area (TPSA) is 92.8 Å². The maximum atomic E-state index is 13.8. The number of amides is 2. The SMILES string of the molecule is COc1ccc([C@@H]2CC(c3cccn3C)=NN2C(=O)CN(CCN2CCOCC2)C(=O)c2ccco2)cc1. The minimum absolute atomic E-state index is 0.111. The van der Waals surface area contributed by atoms with Crippen molar-refractivity contribution in [2.45, 2.75) is 12.5 Å². The lowest BCUT2D eigenvalue weighted by atomic mass is 10.0. The normalized spacial score (nSPS) is 17.9. The number of furan rings is 1. The molecule has 0 N–H and O–H groups in total. The number of hydrogen-bond acceptors (Lipinski definition) is 7. The minimum atomic E-state index is -0.316. The highest BCUT2D eigenvalue weighted by Gasteiger charge is 2.35. The molecular weight excluding hydrogens is 486 g/mol. The van der Waals surface area contributed by atoms with Crippen molar-refractivity contribution in [2.75, 3.05) is 53.0 Å². The molecule has 0 saturated carbocycles. The van der Waals surface area contributed by atoms with E-state index in [0.29, 0.717) is 32.7 Å². The smallest absolute Gasteiger partial charge is 0.290 e. The van der Waals surface area contributed by atoms with Crippen LogP contribution in [0.5, 0.6) is 5.75 Å². The summed E-state index contributed by atoms with van der Waals surface area (Å²) in [6.07, 6.45) is 3.99. The quantitative estimate of drug-likeness (QED) is 0.432. The molecule has 5 rings (SSSR count). The van der Waals surface area contributed by atoms with E-state index in [1.54, 1.807) is 24.1 Å². The molecule has 2 aromatic heterocycles. The first-order valence-electron chi connectivity index (χ1n) is 12.8. The van der Waals surface area contributed by atoms with Crippen molar-refractivity contribution in [3.05, 3.63) is 78.0 Å². The van der Waals surface area contributed by atoms with Crippen molar-refractivity contribution < 1.29 is 23.5 Å². The number of morpholine rings is 1.